The van der Waals surface area contributed by atoms with Gasteiger partial charge in [0.25, 0.3) is 5.88 Å². The van der Waals surface area contributed by atoms with Crippen LogP contribution in [-0.2, 0) is 10.2 Å². The van der Waals surface area contributed by atoms with E-state index in [1.165, 1.54) is 18.2 Å². The van der Waals surface area contributed by atoms with Crippen molar-refractivity contribution in [3.05, 3.63) is 49.5 Å². The Morgan fingerprint density at radius 1 is 1.28 bits per heavy atom. The predicted molar refractivity (Wildman–Crippen MR) is 90.6 cm³/mol. The van der Waals surface area contributed by atoms with Crippen molar-refractivity contribution in [1.29, 1.82) is 0 Å². The van der Waals surface area contributed by atoms with Gasteiger partial charge in [-0.2, -0.15) is 8.42 Å². The second-order valence-electron chi connectivity index (χ2n) is 4.92. The van der Waals surface area contributed by atoms with Crippen LogP contribution in [0.15, 0.2) is 54.0 Å². The van der Waals surface area contributed by atoms with Crippen molar-refractivity contribution in [3.8, 4) is 11.6 Å². The first-order valence-electron chi connectivity index (χ1n) is 7.10. The number of nitrogens with one attached hydrogen (secondary N) is 1. The topological polar surface area (TPSA) is 114 Å². The molecule has 0 bridgehead atoms. The number of ether oxygens (including phenoxy) is 2. The van der Waals surface area contributed by atoms with E-state index in [2.05, 4.69) is 18.3 Å². The monoisotopic (exact) mass is 365 g/mol. The molecule has 0 amide bonds. The number of anilines is 1. The normalized spacial score (nSPS) is 15.5. The summed E-state index contributed by atoms with van der Waals surface area (Å²) in [6.45, 7) is 7.46. The molecular weight excluding hydrogens is 350 g/mol. The van der Waals surface area contributed by atoms with Gasteiger partial charge in [-0.15, -0.1) is 0 Å². The summed E-state index contributed by atoms with van der Waals surface area (Å²) in [4.78, 5) is 0. The van der Waals surface area contributed by atoms with Crippen LogP contribution in [0.4, 0.5) is 5.69 Å². The Balaban J connectivity index is 2.15. The van der Waals surface area contributed by atoms with E-state index in [-0.39, 0.29) is 30.5 Å². The van der Waals surface area contributed by atoms with Crippen LogP contribution in [0.2, 0.25) is 0 Å². The largest absolute Gasteiger partial charge is 0.493 e. The molecular formula is C15H15N3O6S. The summed E-state index contributed by atoms with van der Waals surface area (Å²) in [5.74, 6) is -0.123. The lowest BCUT2D eigenvalue weighted by Gasteiger charge is -2.18. The molecule has 0 saturated carbocycles. The number of hydrogen-bond donors (Lipinski definition) is 2. The van der Waals surface area contributed by atoms with Crippen molar-refractivity contribution in [1.82, 2.24) is 9.88 Å². The second-order valence-corrected chi connectivity index (χ2v) is 6.47. The summed E-state index contributed by atoms with van der Waals surface area (Å²) in [5, 5.41) is 13.8. The van der Waals surface area contributed by atoms with Crippen LogP contribution in [0.1, 0.15) is 0 Å². The van der Waals surface area contributed by atoms with Gasteiger partial charge in [-0.25, -0.2) is 9.03 Å². The highest BCUT2D eigenvalue weighted by molar-refractivity contribution is 7.91. The maximum atomic E-state index is 12.2. The molecule has 1 aromatic heterocycles. The van der Waals surface area contributed by atoms with Crippen LogP contribution < -0.4 is 18.5 Å². The number of rotatable bonds is 7. The van der Waals surface area contributed by atoms with E-state index in [0.29, 0.717) is 11.0 Å². The smallest absolute Gasteiger partial charge is 0.330 e. The van der Waals surface area contributed by atoms with Gasteiger partial charge in [0.2, 0.25) is 5.88 Å². The highest BCUT2D eigenvalue weighted by Gasteiger charge is 2.32. The average Bonchev–Trinajstić information content (AvgIpc) is 3.08. The number of aromatic nitrogens is 1. The zero-order valence-corrected chi connectivity index (χ0v) is 13.8. The molecule has 0 fully saturated rings. The van der Waals surface area contributed by atoms with Gasteiger partial charge in [0.1, 0.15) is 24.7 Å². The van der Waals surface area contributed by atoms with Gasteiger partial charge >= 0.3 is 10.2 Å². The Labute approximate surface area is 143 Å². The van der Waals surface area contributed by atoms with Gasteiger partial charge in [-0.05, 0) is 11.2 Å². The first kappa shape index (κ1) is 16.7. The maximum Gasteiger partial charge on any atom is 0.330 e. The molecule has 0 atom stereocenters. The number of hydrogen-bond acceptors (Lipinski definition) is 7. The van der Waals surface area contributed by atoms with Crippen LogP contribution >= 0.6 is 0 Å². The lowest BCUT2D eigenvalue weighted by molar-refractivity contribution is 0.317. The fourth-order valence-electron chi connectivity index (χ4n) is 2.20. The number of aliphatic hydroxyl groups is 1. The van der Waals surface area contributed by atoms with Gasteiger partial charge in [-0.1, -0.05) is 25.3 Å². The number of aliphatic hydroxyl groups excluding tert-OH is 1. The molecule has 2 heterocycles. The quantitative estimate of drug-likeness (QED) is 0.721. The Bertz CT molecular complexity index is 963. The Kier molecular flexibility index (Phi) is 4.28. The molecule has 0 unspecified atom stereocenters. The minimum atomic E-state index is -3.99. The molecule has 10 heteroatoms. The van der Waals surface area contributed by atoms with Gasteiger partial charge in [0, 0.05) is 6.07 Å². The van der Waals surface area contributed by atoms with Gasteiger partial charge in [0.05, 0.1) is 11.6 Å². The predicted octanol–water partition coefficient (Wildman–Crippen LogP) is 1.97. The van der Waals surface area contributed by atoms with Crippen molar-refractivity contribution >= 4 is 26.9 Å². The fourth-order valence-corrected chi connectivity index (χ4v) is 3.25. The summed E-state index contributed by atoms with van der Waals surface area (Å²) in [7, 11) is -3.99. The first-order valence-corrected chi connectivity index (χ1v) is 8.54. The van der Waals surface area contributed by atoms with E-state index in [4.69, 9.17) is 14.0 Å². The van der Waals surface area contributed by atoms with Crippen LogP contribution in [0.3, 0.4) is 0 Å². The molecule has 1 aromatic carbocycles. The van der Waals surface area contributed by atoms with Crippen molar-refractivity contribution in [2.45, 2.75) is 0 Å². The van der Waals surface area contributed by atoms with Crippen molar-refractivity contribution in [3.63, 3.8) is 0 Å². The number of benzene rings is 1. The molecule has 132 valence electrons. The third-order valence-corrected chi connectivity index (χ3v) is 4.47. The molecule has 0 saturated heterocycles. The minimum absolute atomic E-state index is 0.142. The summed E-state index contributed by atoms with van der Waals surface area (Å²) >= 11 is 0. The molecule has 3 rings (SSSR count). The van der Waals surface area contributed by atoms with Gasteiger partial charge in [-0.3, -0.25) is 0 Å². The van der Waals surface area contributed by atoms with E-state index in [0.717, 1.165) is 10.5 Å². The molecule has 1 aliphatic heterocycles. The second kappa shape index (κ2) is 6.40. The third-order valence-electron chi connectivity index (χ3n) is 3.18. The average molecular weight is 365 g/mol. The summed E-state index contributed by atoms with van der Waals surface area (Å²) in [6, 6.07) is 2.97. The SMILES string of the molecule is C=CCOc1cc2onc(OCC=C)c2cc1N1C=C(O)NS1(=O)=O. The number of nitrogens with zero attached hydrogens (tertiary/aromatic N) is 2. The fraction of sp³-hybridized carbons (Fsp3) is 0.133. The molecule has 0 aliphatic carbocycles. The maximum absolute atomic E-state index is 12.2. The van der Waals surface area contributed by atoms with E-state index in [9.17, 15) is 13.5 Å². The highest BCUT2D eigenvalue weighted by atomic mass is 32.2. The highest BCUT2D eigenvalue weighted by Crippen LogP contribution is 2.39. The molecule has 9 nitrogen and oxygen atoms in total. The molecule has 1 aliphatic rings. The molecule has 2 aromatic rings. The summed E-state index contributed by atoms with van der Waals surface area (Å²) < 4.78 is 43.3. The van der Waals surface area contributed by atoms with Gasteiger partial charge < -0.3 is 19.1 Å². The lowest BCUT2D eigenvalue weighted by atomic mass is 10.2. The van der Waals surface area contributed by atoms with Crippen LogP contribution in [0.25, 0.3) is 11.0 Å². The van der Waals surface area contributed by atoms with Crippen molar-refractivity contribution < 1.29 is 27.5 Å². The molecule has 0 spiro atoms. The molecule has 0 radical (unpaired) electrons. The Hall–Kier alpha value is -3.14. The van der Waals surface area contributed by atoms with E-state index < -0.39 is 16.1 Å². The zero-order valence-electron chi connectivity index (χ0n) is 13.0. The van der Waals surface area contributed by atoms with E-state index in [1.807, 2.05) is 4.72 Å². The van der Waals surface area contributed by atoms with Crippen molar-refractivity contribution in [2.75, 3.05) is 17.5 Å². The van der Waals surface area contributed by atoms with Crippen molar-refractivity contribution in [2.24, 2.45) is 0 Å². The van der Waals surface area contributed by atoms with Crippen LogP contribution in [0.5, 0.6) is 11.6 Å². The molecule has 25 heavy (non-hydrogen) atoms. The summed E-state index contributed by atoms with van der Waals surface area (Å²) in [6.07, 6.45) is 4.07. The Morgan fingerprint density at radius 3 is 2.64 bits per heavy atom. The van der Waals surface area contributed by atoms with Crippen LogP contribution in [0, 0.1) is 0 Å². The lowest BCUT2D eigenvalue weighted by Crippen LogP contribution is -2.29. The minimum Gasteiger partial charge on any atom is -0.493 e. The molecule has 2 N–H and O–H groups in total. The summed E-state index contributed by atoms with van der Waals surface area (Å²) in [5.41, 5.74) is 0.497. The van der Waals surface area contributed by atoms with E-state index in [1.54, 1.807) is 6.08 Å². The third kappa shape index (κ3) is 3.11. The standard InChI is InChI=1S/C15H15N3O6S/c1-3-5-22-13-8-12-10(15(16-24-12)23-6-4-2)7-11(13)18-9-14(19)17-25(18,20)21/h3-4,7-9,17,19H,1-2,5-6H2. The van der Waals surface area contributed by atoms with E-state index >= 15 is 0 Å². The van der Waals surface area contributed by atoms with Crippen LogP contribution in [-0.4, -0.2) is 31.9 Å². The Morgan fingerprint density at radius 2 is 2.00 bits per heavy atom. The zero-order chi connectivity index (χ0) is 18.0. The van der Waals surface area contributed by atoms with Gasteiger partial charge in [0.15, 0.2) is 5.58 Å². The number of fused-ring (bicyclic) bond motifs is 1. The first-order chi connectivity index (χ1) is 12.0.